The summed E-state index contributed by atoms with van der Waals surface area (Å²) in [5, 5.41) is 4.37. The minimum absolute atomic E-state index is 0.360. The fourth-order valence-corrected chi connectivity index (χ4v) is 3.15. The first-order valence-electron chi connectivity index (χ1n) is 6.42. The number of nitrogens with one attached hydrogen (secondary N) is 1. The van der Waals surface area contributed by atoms with Gasteiger partial charge in [-0.2, -0.15) is 0 Å². The Morgan fingerprint density at radius 3 is 2.43 bits per heavy atom. The van der Waals surface area contributed by atoms with Crippen LogP contribution in [0.3, 0.4) is 0 Å². The zero-order chi connectivity index (χ0) is 16.0. The molecule has 0 aliphatic heterocycles. The number of hydrogen-bond donors (Lipinski definition) is 1. The maximum Gasteiger partial charge on any atom is 0.341 e. The topological polar surface area (TPSA) is 41.6 Å². The Kier molecular flexibility index (Phi) is 6.58. The summed E-state index contributed by atoms with van der Waals surface area (Å²) in [5.41, 5.74) is 1.45. The monoisotopic (exact) mass is 324 g/mol. The Balaban J connectivity index is 3.03. The lowest BCUT2D eigenvalue weighted by atomic mass is 10.1. The average molecular weight is 324 g/mol. The molecule has 0 bridgehead atoms. The quantitative estimate of drug-likeness (QED) is 0.492. The molecule has 0 saturated heterocycles. The largest absolute Gasteiger partial charge is 0.465 e. The molecule has 0 atom stereocenters. The molecule has 0 saturated carbocycles. The molecule has 4 nitrogen and oxygen atoms in total. The van der Waals surface area contributed by atoms with Gasteiger partial charge in [0.05, 0.1) is 12.7 Å². The molecular formula is C15H20N2O2S2. The van der Waals surface area contributed by atoms with E-state index in [-0.39, 0.29) is 5.97 Å². The second-order valence-electron chi connectivity index (χ2n) is 4.39. The molecule has 0 radical (unpaired) electrons. The van der Waals surface area contributed by atoms with Gasteiger partial charge in [-0.3, -0.25) is 0 Å². The van der Waals surface area contributed by atoms with Crippen molar-refractivity contribution in [1.82, 2.24) is 4.90 Å². The highest BCUT2D eigenvalue weighted by atomic mass is 32.1. The van der Waals surface area contributed by atoms with Gasteiger partial charge in [0.25, 0.3) is 0 Å². The maximum atomic E-state index is 11.9. The molecule has 0 unspecified atom stereocenters. The van der Waals surface area contributed by atoms with Crippen LogP contribution in [0.25, 0.3) is 0 Å². The minimum atomic E-state index is -0.360. The molecule has 0 amide bonds. The summed E-state index contributed by atoms with van der Waals surface area (Å²) in [6.45, 7) is 12.5. The summed E-state index contributed by atoms with van der Waals surface area (Å²) in [5.74, 6) is -0.360. The van der Waals surface area contributed by atoms with Gasteiger partial charge in [-0.05, 0) is 31.6 Å². The lowest BCUT2D eigenvalue weighted by Gasteiger charge is -2.22. The SMILES string of the molecule is C=CCN(CC=C)C(=S)Nc1sc(C)c(C)c1C(=O)OC. The number of esters is 1. The van der Waals surface area contributed by atoms with Crippen molar-refractivity contribution in [1.29, 1.82) is 0 Å². The van der Waals surface area contributed by atoms with Gasteiger partial charge in [-0.1, -0.05) is 12.2 Å². The van der Waals surface area contributed by atoms with Crippen molar-refractivity contribution in [3.63, 3.8) is 0 Å². The maximum absolute atomic E-state index is 11.9. The minimum Gasteiger partial charge on any atom is -0.465 e. The number of carbonyl (C=O) groups excluding carboxylic acids is 1. The number of rotatable bonds is 6. The summed E-state index contributed by atoms with van der Waals surface area (Å²) in [6.07, 6.45) is 3.53. The number of aryl methyl sites for hydroxylation is 1. The van der Waals surface area contributed by atoms with Gasteiger partial charge >= 0.3 is 5.97 Å². The molecule has 0 spiro atoms. The molecule has 21 heavy (non-hydrogen) atoms. The van der Waals surface area contributed by atoms with Crippen LogP contribution in [0.5, 0.6) is 0 Å². The molecule has 1 heterocycles. The highest BCUT2D eigenvalue weighted by Crippen LogP contribution is 2.33. The van der Waals surface area contributed by atoms with E-state index in [2.05, 4.69) is 18.5 Å². The second kappa shape index (κ2) is 7.95. The van der Waals surface area contributed by atoms with Crippen LogP contribution in [0, 0.1) is 13.8 Å². The Labute approximate surface area is 135 Å². The highest BCUT2D eigenvalue weighted by Gasteiger charge is 2.21. The van der Waals surface area contributed by atoms with Crippen LogP contribution >= 0.6 is 23.6 Å². The van der Waals surface area contributed by atoms with Gasteiger partial charge in [0.1, 0.15) is 5.00 Å². The third kappa shape index (κ3) is 4.15. The van der Waals surface area contributed by atoms with Crippen LogP contribution in [-0.2, 0) is 4.74 Å². The van der Waals surface area contributed by atoms with Crippen LogP contribution in [0.1, 0.15) is 20.8 Å². The Morgan fingerprint density at radius 2 is 1.95 bits per heavy atom. The molecular weight excluding hydrogens is 304 g/mol. The Morgan fingerprint density at radius 1 is 1.38 bits per heavy atom. The van der Waals surface area contributed by atoms with Crippen LogP contribution in [0.4, 0.5) is 5.00 Å². The van der Waals surface area contributed by atoms with Crippen molar-refractivity contribution in [2.45, 2.75) is 13.8 Å². The van der Waals surface area contributed by atoms with Gasteiger partial charge in [-0.15, -0.1) is 24.5 Å². The zero-order valence-electron chi connectivity index (χ0n) is 12.6. The van der Waals surface area contributed by atoms with E-state index < -0.39 is 0 Å². The summed E-state index contributed by atoms with van der Waals surface area (Å²) in [6, 6.07) is 0. The molecule has 0 fully saturated rings. The average Bonchev–Trinajstić information content (AvgIpc) is 2.72. The molecule has 0 aromatic carbocycles. The second-order valence-corrected chi connectivity index (χ2v) is 6.00. The molecule has 1 aromatic heterocycles. The van der Waals surface area contributed by atoms with E-state index in [4.69, 9.17) is 17.0 Å². The molecule has 6 heteroatoms. The first kappa shape index (κ1) is 17.4. The van der Waals surface area contributed by atoms with Crippen molar-refractivity contribution < 1.29 is 9.53 Å². The number of hydrogen-bond acceptors (Lipinski definition) is 4. The first-order chi connectivity index (χ1) is 9.96. The van der Waals surface area contributed by atoms with Gasteiger partial charge in [0, 0.05) is 18.0 Å². The van der Waals surface area contributed by atoms with Crippen molar-refractivity contribution in [3.8, 4) is 0 Å². The number of methoxy groups -OCH3 is 1. The summed E-state index contributed by atoms with van der Waals surface area (Å²) in [4.78, 5) is 14.9. The van der Waals surface area contributed by atoms with Crippen molar-refractivity contribution in [2.24, 2.45) is 0 Å². The third-order valence-corrected chi connectivity index (χ3v) is 4.46. The van der Waals surface area contributed by atoms with E-state index in [1.54, 1.807) is 12.2 Å². The predicted molar refractivity (Wildman–Crippen MR) is 93.3 cm³/mol. The van der Waals surface area contributed by atoms with E-state index >= 15 is 0 Å². The molecule has 1 N–H and O–H groups in total. The molecule has 1 aromatic rings. The predicted octanol–water partition coefficient (Wildman–Crippen LogP) is 3.52. The highest BCUT2D eigenvalue weighted by molar-refractivity contribution is 7.80. The third-order valence-electron chi connectivity index (χ3n) is 2.98. The zero-order valence-corrected chi connectivity index (χ0v) is 14.2. The molecule has 1 rings (SSSR count). The molecule has 114 valence electrons. The summed E-state index contributed by atoms with van der Waals surface area (Å²) in [7, 11) is 1.37. The first-order valence-corrected chi connectivity index (χ1v) is 7.64. The van der Waals surface area contributed by atoms with E-state index in [0.29, 0.717) is 28.8 Å². The standard InChI is InChI=1S/C15H20N2O2S2/c1-6-8-17(9-7-2)15(20)16-13-12(14(18)19-5)10(3)11(4)21-13/h6-7H,1-2,8-9H2,3-5H3,(H,16,20). The normalized spacial score (nSPS) is 9.86. The molecule has 0 aliphatic carbocycles. The number of thiocarbonyl (C=S) groups is 1. The fourth-order valence-electron chi connectivity index (χ4n) is 1.79. The van der Waals surface area contributed by atoms with Gasteiger partial charge in [-0.25, -0.2) is 4.79 Å². The molecule has 0 aliphatic rings. The van der Waals surface area contributed by atoms with E-state index in [0.717, 1.165) is 10.4 Å². The van der Waals surface area contributed by atoms with E-state index in [9.17, 15) is 4.79 Å². The Bertz CT molecular complexity index is 554. The van der Waals surface area contributed by atoms with Gasteiger partial charge < -0.3 is 15.0 Å². The lowest BCUT2D eigenvalue weighted by Crippen LogP contribution is -2.35. The van der Waals surface area contributed by atoms with Crippen molar-refractivity contribution in [3.05, 3.63) is 41.3 Å². The smallest absolute Gasteiger partial charge is 0.341 e. The van der Waals surface area contributed by atoms with Crippen molar-refractivity contribution in [2.75, 3.05) is 25.5 Å². The van der Waals surface area contributed by atoms with Crippen LogP contribution in [0.2, 0.25) is 0 Å². The number of carbonyl (C=O) groups is 1. The van der Waals surface area contributed by atoms with Crippen LogP contribution in [-0.4, -0.2) is 36.2 Å². The number of nitrogens with zero attached hydrogens (tertiary/aromatic N) is 1. The lowest BCUT2D eigenvalue weighted by molar-refractivity contribution is 0.0601. The van der Waals surface area contributed by atoms with E-state index in [1.165, 1.54) is 18.4 Å². The number of thiophene rings is 1. The Hall–Kier alpha value is -1.66. The van der Waals surface area contributed by atoms with Gasteiger partial charge in [0.2, 0.25) is 0 Å². The number of ether oxygens (including phenoxy) is 1. The van der Waals surface area contributed by atoms with Crippen molar-refractivity contribution >= 4 is 39.6 Å². The van der Waals surface area contributed by atoms with Crippen LogP contribution in [0.15, 0.2) is 25.3 Å². The van der Waals surface area contributed by atoms with E-state index in [1.807, 2.05) is 18.7 Å². The fraction of sp³-hybridized carbons (Fsp3) is 0.333. The number of anilines is 1. The van der Waals surface area contributed by atoms with Gasteiger partial charge in [0.15, 0.2) is 5.11 Å². The summed E-state index contributed by atoms with van der Waals surface area (Å²) >= 11 is 6.89. The summed E-state index contributed by atoms with van der Waals surface area (Å²) < 4.78 is 4.85. The van der Waals surface area contributed by atoms with Crippen LogP contribution < -0.4 is 5.32 Å².